The highest BCUT2D eigenvalue weighted by Crippen LogP contribution is 2.64. The smallest absolute Gasteiger partial charge is 0.230 e. The monoisotopic (exact) mass is 286 g/mol. The summed E-state index contributed by atoms with van der Waals surface area (Å²) < 4.78 is 0. The van der Waals surface area contributed by atoms with Gasteiger partial charge in [-0.15, -0.1) is 11.3 Å². The second-order valence-electron chi connectivity index (χ2n) is 5.95. The zero-order valence-corrected chi connectivity index (χ0v) is 12.7. The molecule has 4 heteroatoms. The molecule has 2 atom stereocenters. The summed E-state index contributed by atoms with van der Waals surface area (Å²) in [5.74, 6) is 0.400. The van der Waals surface area contributed by atoms with Crippen LogP contribution in [0.2, 0.25) is 0 Å². The zero-order chi connectivity index (χ0) is 14.3. The lowest BCUT2D eigenvalue weighted by molar-refractivity contribution is -0.118. The molecule has 1 aromatic carbocycles. The third kappa shape index (κ3) is 2.24. The van der Waals surface area contributed by atoms with Crippen LogP contribution in [0.4, 0.5) is 5.13 Å². The van der Waals surface area contributed by atoms with Gasteiger partial charge in [0.05, 0.1) is 5.92 Å². The lowest BCUT2D eigenvalue weighted by Crippen LogP contribution is -2.16. The molecule has 1 N–H and O–H groups in total. The Kier molecular flexibility index (Phi) is 3.13. The Bertz CT molecular complexity index is 633. The topological polar surface area (TPSA) is 42.0 Å². The van der Waals surface area contributed by atoms with Crippen LogP contribution in [-0.4, -0.2) is 10.9 Å². The molecule has 1 heterocycles. The second-order valence-corrected chi connectivity index (χ2v) is 7.19. The zero-order valence-electron chi connectivity index (χ0n) is 11.9. The number of amides is 1. The molecule has 1 amide bonds. The average molecular weight is 286 g/mol. The Balaban J connectivity index is 1.76. The fourth-order valence-electron chi connectivity index (χ4n) is 3.01. The maximum atomic E-state index is 12.4. The number of benzene rings is 1. The number of aryl methyl sites for hydroxylation is 1. The Morgan fingerprint density at radius 2 is 2.00 bits per heavy atom. The summed E-state index contributed by atoms with van der Waals surface area (Å²) in [4.78, 5) is 17.7. The molecule has 0 unspecified atom stereocenters. The van der Waals surface area contributed by atoms with E-state index in [4.69, 9.17) is 0 Å². The first-order valence-electron chi connectivity index (χ1n) is 6.78. The molecule has 3 nitrogen and oxygen atoms in total. The molecule has 0 spiro atoms. The van der Waals surface area contributed by atoms with E-state index in [1.54, 1.807) is 6.20 Å². The number of thiazole rings is 1. The average Bonchev–Trinajstić information content (AvgIpc) is 2.75. The summed E-state index contributed by atoms with van der Waals surface area (Å²) in [6.07, 6.45) is 1.78. The molecule has 1 aliphatic rings. The number of hydrogen-bond donors (Lipinski definition) is 1. The van der Waals surface area contributed by atoms with Crippen molar-refractivity contribution in [3.8, 4) is 0 Å². The maximum absolute atomic E-state index is 12.4. The van der Waals surface area contributed by atoms with Crippen LogP contribution in [0.25, 0.3) is 0 Å². The Labute approximate surface area is 123 Å². The van der Waals surface area contributed by atoms with E-state index < -0.39 is 0 Å². The lowest BCUT2D eigenvalue weighted by atomic mass is 10.0. The highest BCUT2D eigenvalue weighted by molar-refractivity contribution is 7.15. The van der Waals surface area contributed by atoms with Gasteiger partial charge in [-0.1, -0.05) is 44.2 Å². The van der Waals surface area contributed by atoms with Gasteiger partial charge >= 0.3 is 0 Å². The molecule has 0 bridgehead atoms. The van der Waals surface area contributed by atoms with E-state index in [0.29, 0.717) is 11.0 Å². The van der Waals surface area contributed by atoms with Crippen LogP contribution in [0.15, 0.2) is 36.5 Å². The third-order valence-corrected chi connectivity index (χ3v) is 4.95. The molecule has 20 heavy (non-hydrogen) atoms. The predicted octanol–water partition coefficient (Wildman–Crippen LogP) is 3.83. The SMILES string of the molecule is Cc1cnc(NC(=O)[C@H]2[C@H](c3ccccc3)C2(C)C)s1. The van der Waals surface area contributed by atoms with Crippen LogP contribution in [0.3, 0.4) is 0 Å². The van der Waals surface area contributed by atoms with Crippen molar-refractivity contribution < 1.29 is 4.79 Å². The molecule has 1 aliphatic carbocycles. The van der Waals surface area contributed by atoms with Gasteiger partial charge in [-0.2, -0.15) is 0 Å². The molecule has 2 aromatic rings. The predicted molar refractivity (Wildman–Crippen MR) is 81.9 cm³/mol. The fourth-order valence-corrected chi connectivity index (χ4v) is 3.67. The molecule has 3 rings (SSSR count). The molecule has 1 saturated carbocycles. The number of carbonyl (C=O) groups is 1. The summed E-state index contributed by atoms with van der Waals surface area (Å²) in [5, 5.41) is 3.64. The van der Waals surface area contributed by atoms with Crippen LogP contribution >= 0.6 is 11.3 Å². The molecule has 1 aromatic heterocycles. The van der Waals surface area contributed by atoms with Crippen molar-refractivity contribution >= 4 is 22.4 Å². The summed E-state index contributed by atoms with van der Waals surface area (Å²) in [6.45, 7) is 6.30. The largest absolute Gasteiger partial charge is 0.302 e. The molecule has 1 fully saturated rings. The van der Waals surface area contributed by atoms with Crippen LogP contribution in [0.5, 0.6) is 0 Å². The molecular weight excluding hydrogens is 268 g/mol. The van der Waals surface area contributed by atoms with Crippen molar-refractivity contribution in [2.45, 2.75) is 26.7 Å². The second kappa shape index (κ2) is 4.70. The van der Waals surface area contributed by atoms with Crippen molar-refractivity contribution in [2.75, 3.05) is 5.32 Å². The van der Waals surface area contributed by atoms with Gasteiger partial charge in [0.2, 0.25) is 5.91 Å². The van der Waals surface area contributed by atoms with Gasteiger partial charge in [0, 0.05) is 17.0 Å². The van der Waals surface area contributed by atoms with Gasteiger partial charge in [0.1, 0.15) is 0 Å². The minimum Gasteiger partial charge on any atom is -0.302 e. The molecule has 0 radical (unpaired) electrons. The number of carbonyl (C=O) groups excluding carboxylic acids is 1. The Morgan fingerprint density at radius 3 is 2.60 bits per heavy atom. The summed E-state index contributed by atoms with van der Waals surface area (Å²) in [6, 6.07) is 10.3. The highest BCUT2D eigenvalue weighted by atomic mass is 32.1. The van der Waals surface area contributed by atoms with Gasteiger partial charge in [0.15, 0.2) is 5.13 Å². The van der Waals surface area contributed by atoms with Gasteiger partial charge in [-0.25, -0.2) is 4.98 Å². The van der Waals surface area contributed by atoms with Crippen LogP contribution in [-0.2, 0) is 4.79 Å². The van der Waals surface area contributed by atoms with Gasteiger partial charge in [-0.3, -0.25) is 4.79 Å². The number of aromatic nitrogens is 1. The lowest BCUT2D eigenvalue weighted by Gasteiger charge is -2.02. The van der Waals surface area contributed by atoms with E-state index >= 15 is 0 Å². The van der Waals surface area contributed by atoms with E-state index in [1.165, 1.54) is 16.9 Å². The summed E-state index contributed by atoms with van der Waals surface area (Å²) in [5.41, 5.74) is 1.26. The standard InChI is InChI=1S/C16H18N2OS/c1-10-9-17-15(20-10)18-14(19)13-12(16(13,2)3)11-7-5-4-6-8-11/h4-9,12-13H,1-3H3,(H,17,18,19)/t12-,13+/m0/s1. The van der Waals surface area contributed by atoms with Crippen molar-refractivity contribution in [2.24, 2.45) is 11.3 Å². The van der Waals surface area contributed by atoms with Crippen LogP contribution in [0, 0.1) is 18.3 Å². The first-order chi connectivity index (χ1) is 9.50. The molecule has 104 valence electrons. The Morgan fingerprint density at radius 1 is 1.30 bits per heavy atom. The molecular formula is C16H18N2OS. The van der Waals surface area contributed by atoms with Gasteiger partial charge in [0.25, 0.3) is 0 Å². The first-order valence-corrected chi connectivity index (χ1v) is 7.60. The van der Waals surface area contributed by atoms with E-state index in [9.17, 15) is 4.79 Å². The highest BCUT2D eigenvalue weighted by Gasteiger charge is 2.62. The normalized spacial score (nSPS) is 23.4. The molecule has 0 aliphatic heterocycles. The summed E-state index contributed by atoms with van der Waals surface area (Å²) >= 11 is 1.52. The van der Waals surface area contributed by atoms with Crippen molar-refractivity contribution in [3.05, 3.63) is 47.0 Å². The minimum absolute atomic E-state index is 0.0116. The van der Waals surface area contributed by atoms with E-state index in [0.717, 1.165) is 4.88 Å². The minimum atomic E-state index is 0.0116. The van der Waals surface area contributed by atoms with Gasteiger partial charge < -0.3 is 5.32 Å². The van der Waals surface area contributed by atoms with Crippen LogP contribution < -0.4 is 5.32 Å². The maximum Gasteiger partial charge on any atom is 0.230 e. The van der Waals surface area contributed by atoms with Crippen molar-refractivity contribution in [1.82, 2.24) is 4.98 Å². The number of nitrogens with zero attached hydrogens (tertiary/aromatic N) is 1. The summed E-state index contributed by atoms with van der Waals surface area (Å²) in [7, 11) is 0. The number of rotatable bonds is 3. The fraction of sp³-hybridized carbons (Fsp3) is 0.375. The molecule has 0 saturated heterocycles. The number of hydrogen-bond acceptors (Lipinski definition) is 3. The third-order valence-electron chi connectivity index (χ3n) is 4.12. The van der Waals surface area contributed by atoms with E-state index in [2.05, 4.69) is 36.3 Å². The Hall–Kier alpha value is -1.68. The van der Waals surface area contributed by atoms with E-state index in [1.807, 2.05) is 25.1 Å². The van der Waals surface area contributed by atoms with Gasteiger partial charge in [-0.05, 0) is 17.9 Å². The van der Waals surface area contributed by atoms with Crippen molar-refractivity contribution in [1.29, 1.82) is 0 Å². The quantitative estimate of drug-likeness (QED) is 0.931. The van der Waals surface area contributed by atoms with Crippen LogP contribution in [0.1, 0.15) is 30.2 Å². The van der Waals surface area contributed by atoms with E-state index in [-0.39, 0.29) is 17.2 Å². The number of nitrogens with one attached hydrogen (secondary N) is 1. The first kappa shape index (κ1) is 13.3. The number of anilines is 1. The van der Waals surface area contributed by atoms with Crippen molar-refractivity contribution in [3.63, 3.8) is 0 Å².